The molecule has 0 radical (unpaired) electrons. The van der Waals surface area contributed by atoms with E-state index in [0.29, 0.717) is 0 Å². The average molecular weight is 289 g/mol. The molecule has 6 nitrogen and oxygen atoms in total. The highest BCUT2D eigenvalue weighted by Gasteiger charge is 1.94. The molecule has 0 spiro atoms. The summed E-state index contributed by atoms with van der Waals surface area (Å²) in [6.45, 7) is 10.4. The van der Waals surface area contributed by atoms with E-state index in [1.54, 1.807) is 7.05 Å². The number of hydrogen-bond acceptors (Lipinski definition) is 5. The number of carbonyl (C=O) groups is 5. The first-order valence-corrected chi connectivity index (χ1v) is 5.98. The van der Waals surface area contributed by atoms with E-state index in [2.05, 4.69) is 5.32 Å². The highest BCUT2D eigenvalue weighted by Crippen LogP contribution is 1.80. The molecule has 0 aliphatic carbocycles. The van der Waals surface area contributed by atoms with Crippen LogP contribution in [0.5, 0.6) is 0 Å². The van der Waals surface area contributed by atoms with E-state index >= 15 is 0 Å². The summed E-state index contributed by atoms with van der Waals surface area (Å²) in [6.07, 6.45) is 0.0833. The zero-order chi connectivity index (χ0) is 17.3. The van der Waals surface area contributed by atoms with Gasteiger partial charge in [0.1, 0.15) is 23.1 Å². The lowest BCUT2D eigenvalue weighted by Crippen LogP contribution is -2.11. The number of rotatable bonds is 2. The molecule has 20 heavy (non-hydrogen) atoms. The fourth-order valence-electron chi connectivity index (χ4n) is 0.351. The molecule has 0 aromatic carbocycles. The molecule has 0 atom stereocenters. The van der Waals surface area contributed by atoms with E-state index in [4.69, 9.17) is 0 Å². The number of hydrogen-bond donors (Lipinski definition) is 1. The predicted octanol–water partition coefficient (Wildman–Crippen LogP) is 1.50. The molecule has 0 fully saturated rings. The number of Topliss-reactive ketones (excluding diaryl/α,β-unsaturated/α-hetero) is 4. The number of carbonyl (C=O) groups excluding carboxylic acids is 5. The summed E-state index contributed by atoms with van der Waals surface area (Å²) >= 11 is 0. The van der Waals surface area contributed by atoms with Gasteiger partial charge in [-0.2, -0.15) is 0 Å². The third-order valence-electron chi connectivity index (χ3n) is 0.850. The van der Waals surface area contributed by atoms with Gasteiger partial charge in [-0.1, -0.05) is 0 Å². The summed E-state index contributed by atoms with van der Waals surface area (Å²) in [5.74, 6) is 0.213. The van der Waals surface area contributed by atoms with E-state index < -0.39 is 0 Å². The molecule has 0 saturated carbocycles. The van der Waals surface area contributed by atoms with Gasteiger partial charge in [0.15, 0.2) is 0 Å². The zero-order valence-corrected chi connectivity index (χ0v) is 13.7. The Kier molecular flexibility index (Phi) is 26.0. The summed E-state index contributed by atoms with van der Waals surface area (Å²) in [5, 5.41) is 2.39. The summed E-state index contributed by atoms with van der Waals surface area (Å²) in [4.78, 5) is 48.7. The molecule has 0 aromatic heterocycles. The van der Waals surface area contributed by atoms with Crippen molar-refractivity contribution in [1.29, 1.82) is 0 Å². The largest absolute Gasteiger partial charge is 0.359 e. The molecule has 0 aliphatic heterocycles. The lowest BCUT2D eigenvalue weighted by Gasteiger charge is -1.81. The second-order valence-corrected chi connectivity index (χ2v) is 4.20. The minimum absolute atomic E-state index is 0.00463. The standard InChI is InChI=1S/C5H8O2.C3H7NO.2C3H6O/c1-4(6)3-5(2)7;1-3(5)4-2;2*1-3(2)4/h3H2,1-2H3;1-2H3,(H,4,5);2*1-2H3. The monoisotopic (exact) mass is 289 g/mol. The topological polar surface area (TPSA) is 97.4 Å². The third-order valence-corrected chi connectivity index (χ3v) is 0.850. The van der Waals surface area contributed by atoms with Crippen LogP contribution >= 0.6 is 0 Å². The maximum atomic E-state index is 10.0. The van der Waals surface area contributed by atoms with Gasteiger partial charge in [-0.25, -0.2) is 0 Å². The molecule has 0 unspecified atom stereocenters. The molecule has 0 aliphatic rings. The van der Waals surface area contributed by atoms with Crippen molar-refractivity contribution in [2.45, 2.75) is 54.9 Å². The van der Waals surface area contributed by atoms with Gasteiger partial charge in [0.25, 0.3) is 0 Å². The highest BCUT2D eigenvalue weighted by molar-refractivity contribution is 5.96. The van der Waals surface area contributed by atoms with Crippen LogP contribution in [0.25, 0.3) is 0 Å². The van der Waals surface area contributed by atoms with Crippen LogP contribution in [-0.2, 0) is 24.0 Å². The summed E-state index contributed by atoms with van der Waals surface area (Å²) in [7, 11) is 1.60. The molecule has 1 amide bonds. The van der Waals surface area contributed by atoms with Crippen molar-refractivity contribution >= 4 is 29.0 Å². The van der Waals surface area contributed by atoms with E-state index in [9.17, 15) is 24.0 Å². The van der Waals surface area contributed by atoms with Crippen LogP contribution < -0.4 is 5.32 Å². The fourth-order valence-corrected chi connectivity index (χ4v) is 0.351. The van der Waals surface area contributed by atoms with E-state index in [1.807, 2.05) is 0 Å². The maximum absolute atomic E-state index is 10.0. The van der Waals surface area contributed by atoms with Crippen LogP contribution in [0.15, 0.2) is 0 Å². The van der Waals surface area contributed by atoms with E-state index in [1.165, 1.54) is 48.5 Å². The Bertz CT molecular complexity index is 290. The lowest BCUT2D eigenvalue weighted by molar-refractivity contribution is -0.125. The quantitative estimate of drug-likeness (QED) is 0.777. The predicted molar refractivity (Wildman–Crippen MR) is 78.4 cm³/mol. The highest BCUT2D eigenvalue weighted by atomic mass is 16.2. The van der Waals surface area contributed by atoms with Gasteiger partial charge in [0.2, 0.25) is 5.91 Å². The van der Waals surface area contributed by atoms with E-state index in [-0.39, 0.29) is 35.5 Å². The Morgan fingerprint density at radius 2 is 0.800 bits per heavy atom. The van der Waals surface area contributed by atoms with Gasteiger partial charge >= 0.3 is 0 Å². The Balaban J connectivity index is -0.0000000883. The third kappa shape index (κ3) is 215. The van der Waals surface area contributed by atoms with Gasteiger partial charge in [0.05, 0.1) is 6.42 Å². The first kappa shape index (κ1) is 26.7. The Labute approximate surface area is 121 Å². The second-order valence-electron chi connectivity index (χ2n) is 4.20. The lowest BCUT2D eigenvalue weighted by atomic mass is 10.2. The van der Waals surface area contributed by atoms with Crippen molar-refractivity contribution in [3.05, 3.63) is 0 Å². The van der Waals surface area contributed by atoms with Crippen LogP contribution in [0, 0.1) is 0 Å². The van der Waals surface area contributed by atoms with Gasteiger partial charge in [-0.15, -0.1) is 0 Å². The molecule has 0 bridgehead atoms. The Morgan fingerprint density at radius 3 is 0.800 bits per heavy atom. The Morgan fingerprint density at radius 1 is 0.650 bits per heavy atom. The van der Waals surface area contributed by atoms with Crippen LogP contribution in [0.4, 0.5) is 0 Å². The minimum Gasteiger partial charge on any atom is -0.359 e. The molecular formula is C14H27NO5. The van der Waals surface area contributed by atoms with Crippen LogP contribution in [0.1, 0.15) is 54.9 Å². The van der Waals surface area contributed by atoms with Crippen molar-refractivity contribution in [1.82, 2.24) is 5.32 Å². The maximum Gasteiger partial charge on any atom is 0.216 e. The fraction of sp³-hybridized carbons (Fsp3) is 0.643. The van der Waals surface area contributed by atoms with E-state index in [0.717, 1.165) is 0 Å². The number of amides is 1. The summed E-state index contributed by atoms with van der Waals surface area (Å²) in [6, 6.07) is 0. The van der Waals surface area contributed by atoms with Gasteiger partial charge in [-0.3, -0.25) is 14.4 Å². The van der Waals surface area contributed by atoms with Crippen molar-refractivity contribution < 1.29 is 24.0 Å². The van der Waals surface area contributed by atoms with Crippen LogP contribution in [0.3, 0.4) is 0 Å². The van der Waals surface area contributed by atoms with Crippen molar-refractivity contribution in [2.75, 3.05) is 7.05 Å². The van der Waals surface area contributed by atoms with Crippen molar-refractivity contribution in [3.8, 4) is 0 Å². The zero-order valence-electron chi connectivity index (χ0n) is 13.7. The van der Waals surface area contributed by atoms with Crippen LogP contribution in [-0.4, -0.2) is 36.1 Å². The molecule has 0 saturated heterocycles. The molecular weight excluding hydrogens is 262 g/mol. The minimum atomic E-state index is -0.0625. The van der Waals surface area contributed by atoms with Gasteiger partial charge in [0, 0.05) is 14.0 Å². The summed E-state index contributed by atoms with van der Waals surface area (Å²) < 4.78 is 0. The number of ketones is 4. The van der Waals surface area contributed by atoms with Gasteiger partial charge < -0.3 is 14.9 Å². The molecule has 0 rings (SSSR count). The first-order chi connectivity index (χ1) is 8.86. The van der Waals surface area contributed by atoms with Crippen molar-refractivity contribution in [3.63, 3.8) is 0 Å². The smallest absolute Gasteiger partial charge is 0.216 e. The summed E-state index contributed by atoms with van der Waals surface area (Å²) in [5.41, 5.74) is 0. The Hall–Kier alpha value is -1.85. The molecule has 6 heteroatoms. The normalized spacial score (nSPS) is 7.20. The van der Waals surface area contributed by atoms with Crippen molar-refractivity contribution in [2.24, 2.45) is 0 Å². The first-order valence-electron chi connectivity index (χ1n) is 5.98. The van der Waals surface area contributed by atoms with Crippen LogP contribution in [0.2, 0.25) is 0 Å². The van der Waals surface area contributed by atoms with Gasteiger partial charge in [-0.05, 0) is 41.5 Å². The molecule has 1 N–H and O–H groups in total. The molecule has 0 heterocycles. The number of nitrogens with one attached hydrogen (secondary N) is 1. The second kappa shape index (κ2) is 19.5. The molecule has 0 aromatic rings. The average Bonchev–Trinajstić information content (AvgIpc) is 2.14. The SMILES string of the molecule is CC(=O)CC(C)=O.CC(C)=O.CC(C)=O.CNC(C)=O. The molecule has 118 valence electrons.